The summed E-state index contributed by atoms with van der Waals surface area (Å²) >= 11 is 0. The van der Waals surface area contributed by atoms with Gasteiger partial charge in [0.2, 0.25) is 0 Å². The van der Waals surface area contributed by atoms with Gasteiger partial charge < -0.3 is 15.3 Å². The van der Waals surface area contributed by atoms with E-state index in [1.165, 1.54) is 37.4 Å². The van der Waals surface area contributed by atoms with Crippen LogP contribution in [0.2, 0.25) is 0 Å². The Labute approximate surface area is 154 Å². The van der Waals surface area contributed by atoms with Crippen LogP contribution >= 0.6 is 0 Å². The van der Waals surface area contributed by atoms with E-state index in [4.69, 9.17) is 5.11 Å². The lowest BCUT2D eigenvalue weighted by molar-refractivity contribution is -0.385. The van der Waals surface area contributed by atoms with Crippen molar-refractivity contribution in [3.8, 4) is 0 Å². The summed E-state index contributed by atoms with van der Waals surface area (Å²) in [5, 5.41) is 39.7. The second kappa shape index (κ2) is 8.49. The first-order chi connectivity index (χ1) is 12.8. The van der Waals surface area contributed by atoms with Gasteiger partial charge in [-0.3, -0.25) is 29.7 Å². The van der Waals surface area contributed by atoms with Gasteiger partial charge in [0.15, 0.2) is 0 Å². The molecule has 144 valence electrons. The fourth-order valence-electron chi connectivity index (χ4n) is 3.38. The van der Waals surface area contributed by atoms with E-state index in [0.717, 1.165) is 0 Å². The number of aliphatic imine (C=N–C) groups is 2. The molecule has 0 saturated heterocycles. The first kappa shape index (κ1) is 20.2. The fraction of sp³-hybridized carbons (Fsp3) is 0.412. The molecule has 4 atom stereocenters. The van der Waals surface area contributed by atoms with Gasteiger partial charge >= 0.3 is 11.9 Å². The molecule has 1 aliphatic rings. The third kappa shape index (κ3) is 4.17. The summed E-state index contributed by atoms with van der Waals surface area (Å²) in [5.74, 6) is -6.53. The van der Waals surface area contributed by atoms with Crippen molar-refractivity contribution in [1.82, 2.24) is 0 Å². The number of aliphatic hydroxyl groups is 1. The Hall–Kier alpha value is -3.14. The number of carbonyl (C=O) groups is 2. The van der Waals surface area contributed by atoms with E-state index < -0.39 is 40.7 Å². The number of benzene rings is 1. The fourth-order valence-corrected chi connectivity index (χ4v) is 3.38. The molecule has 27 heavy (non-hydrogen) atoms. The number of nitrogens with zero attached hydrogens (tertiary/aromatic N) is 3. The minimum atomic E-state index is -1.36. The summed E-state index contributed by atoms with van der Waals surface area (Å²) in [7, 11) is 0. The summed E-state index contributed by atoms with van der Waals surface area (Å²) < 4.78 is 0. The van der Waals surface area contributed by atoms with Gasteiger partial charge in [-0.05, 0) is 6.92 Å². The lowest BCUT2D eigenvalue weighted by Gasteiger charge is -2.36. The van der Waals surface area contributed by atoms with Crippen molar-refractivity contribution in [2.24, 2.45) is 21.8 Å². The Balaban J connectivity index is 2.68. The highest BCUT2D eigenvalue weighted by molar-refractivity contribution is 6.04. The monoisotopic (exact) mass is 377 g/mol. The number of aliphatic carboxylic acids is 2. The molecule has 4 unspecified atom stereocenters. The molecule has 1 heterocycles. The van der Waals surface area contributed by atoms with E-state index >= 15 is 0 Å². The van der Waals surface area contributed by atoms with Gasteiger partial charge in [0, 0.05) is 29.5 Å². The molecule has 0 aliphatic carbocycles. The second-order valence-electron chi connectivity index (χ2n) is 6.06. The third-order valence-electron chi connectivity index (χ3n) is 4.45. The maximum atomic E-state index is 12.0. The number of hydrogen-bond acceptors (Lipinski definition) is 7. The Kier molecular flexibility index (Phi) is 6.35. The SMILES string of the molecule is CC1=NC(C=NCCO)C(C(=O)O)C(c2ccccc2[N+](=O)[O-])C1C(=O)O. The largest absolute Gasteiger partial charge is 0.481 e. The summed E-state index contributed by atoms with van der Waals surface area (Å²) in [6, 6.07) is 4.50. The lowest BCUT2D eigenvalue weighted by atomic mass is 9.69. The second-order valence-corrected chi connectivity index (χ2v) is 6.06. The van der Waals surface area contributed by atoms with Crippen molar-refractivity contribution in [2.75, 3.05) is 13.2 Å². The molecule has 1 aromatic rings. The van der Waals surface area contributed by atoms with Crippen molar-refractivity contribution in [3.63, 3.8) is 0 Å². The average molecular weight is 377 g/mol. The highest BCUT2D eigenvalue weighted by Crippen LogP contribution is 2.43. The molecule has 10 nitrogen and oxygen atoms in total. The summed E-state index contributed by atoms with van der Waals surface area (Å²) in [6.45, 7) is 1.25. The zero-order chi connectivity index (χ0) is 20.1. The van der Waals surface area contributed by atoms with E-state index in [9.17, 15) is 29.9 Å². The van der Waals surface area contributed by atoms with Gasteiger partial charge in [0.05, 0.1) is 30.0 Å². The maximum Gasteiger partial charge on any atom is 0.312 e. The van der Waals surface area contributed by atoms with E-state index in [0.29, 0.717) is 0 Å². The average Bonchev–Trinajstić information content (AvgIpc) is 2.60. The number of nitro benzene ring substituents is 1. The van der Waals surface area contributed by atoms with Crippen LogP contribution in [0.1, 0.15) is 18.4 Å². The molecule has 3 N–H and O–H groups in total. The molecule has 1 aliphatic heterocycles. The zero-order valence-corrected chi connectivity index (χ0v) is 14.4. The highest BCUT2D eigenvalue weighted by Gasteiger charge is 2.49. The van der Waals surface area contributed by atoms with Crippen LogP contribution in [-0.2, 0) is 9.59 Å². The molecule has 0 bridgehead atoms. The van der Waals surface area contributed by atoms with E-state index in [1.54, 1.807) is 0 Å². The Morgan fingerprint density at radius 1 is 1.30 bits per heavy atom. The molecule has 0 saturated carbocycles. The first-order valence-corrected chi connectivity index (χ1v) is 8.13. The minimum absolute atomic E-state index is 0.0251. The van der Waals surface area contributed by atoms with Crippen LogP contribution in [0.4, 0.5) is 5.69 Å². The van der Waals surface area contributed by atoms with E-state index in [-0.39, 0.29) is 30.1 Å². The number of hydrogen-bond donors (Lipinski definition) is 3. The molecule has 0 radical (unpaired) electrons. The molecule has 0 fully saturated rings. The lowest BCUT2D eigenvalue weighted by Crippen LogP contribution is -2.46. The summed E-state index contributed by atoms with van der Waals surface area (Å²) in [5.41, 5.74) is -0.165. The summed E-state index contributed by atoms with van der Waals surface area (Å²) in [4.78, 5) is 42.7. The van der Waals surface area contributed by atoms with Crippen LogP contribution in [0.25, 0.3) is 0 Å². The predicted octanol–water partition coefficient (Wildman–Crippen LogP) is 0.986. The molecule has 0 amide bonds. The van der Waals surface area contributed by atoms with Gasteiger partial charge in [0.25, 0.3) is 5.69 Å². The Bertz CT molecular complexity index is 805. The standard InChI is InChI=1S/C17H19N3O7/c1-9-13(16(22)23)14(10-4-2-3-5-12(10)20(26)27)15(17(24)25)11(19-9)8-18-6-7-21/h2-5,8,11,13-15,21H,6-7H2,1H3,(H,22,23)(H,24,25). The quantitative estimate of drug-likeness (QED) is 0.362. The summed E-state index contributed by atoms with van der Waals surface area (Å²) in [6.07, 6.45) is 1.25. The molecule has 1 aromatic carbocycles. The van der Waals surface area contributed by atoms with Crippen molar-refractivity contribution in [1.29, 1.82) is 0 Å². The molecular weight excluding hydrogens is 358 g/mol. The van der Waals surface area contributed by atoms with E-state index in [2.05, 4.69) is 9.98 Å². The number of nitro groups is 1. The molecule has 10 heteroatoms. The Morgan fingerprint density at radius 2 is 1.96 bits per heavy atom. The molecule has 0 spiro atoms. The van der Waals surface area contributed by atoms with Gasteiger partial charge in [-0.2, -0.15) is 0 Å². The van der Waals surface area contributed by atoms with Crippen LogP contribution in [0.15, 0.2) is 34.3 Å². The van der Waals surface area contributed by atoms with Crippen LogP contribution in [0.5, 0.6) is 0 Å². The molecule has 0 aromatic heterocycles. The van der Waals surface area contributed by atoms with Crippen molar-refractivity contribution in [2.45, 2.75) is 18.9 Å². The number of aliphatic hydroxyl groups excluding tert-OH is 1. The van der Waals surface area contributed by atoms with Crippen molar-refractivity contribution >= 4 is 29.6 Å². The van der Waals surface area contributed by atoms with Gasteiger partial charge in [-0.1, -0.05) is 18.2 Å². The van der Waals surface area contributed by atoms with Crippen molar-refractivity contribution < 1.29 is 29.8 Å². The van der Waals surface area contributed by atoms with Crippen LogP contribution in [0, 0.1) is 22.0 Å². The van der Waals surface area contributed by atoms with Crippen LogP contribution in [-0.4, -0.2) is 63.3 Å². The third-order valence-corrected chi connectivity index (χ3v) is 4.45. The van der Waals surface area contributed by atoms with Crippen LogP contribution in [0.3, 0.4) is 0 Å². The Morgan fingerprint density at radius 3 is 2.52 bits per heavy atom. The number of carboxylic acid groups (broad SMARTS) is 2. The smallest absolute Gasteiger partial charge is 0.312 e. The van der Waals surface area contributed by atoms with Gasteiger partial charge in [0.1, 0.15) is 5.92 Å². The number of para-hydroxylation sites is 1. The zero-order valence-electron chi connectivity index (χ0n) is 14.4. The van der Waals surface area contributed by atoms with E-state index in [1.807, 2.05) is 0 Å². The highest BCUT2D eigenvalue weighted by atomic mass is 16.6. The number of rotatable bonds is 7. The van der Waals surface area contributed by atoms with Gasteiger partial charge in [-0.15, -0.1) is 0 Å². The maximum absolute atomic E-state index is 12.0. The predicted molar refractivity (Wildman–Crippen MR) is 95.4 cm³/mol. The van der Waals surface area contributed by atoms with Crippen molar-refractivity contribution in [3.05, 3.63) is 39.9 Å². The van der Waals surface area contributed by atoms with Gasteiger partial charge in [-0.25, -0.2) is 0 Å². The van der Waals surface area contributed by atoms with Crippen LogP contribution < -0.4 is 0 Å². The molecular formula is C17H19N3O7. The minimum Gasteiger partial charge on any atom is -0.481 e. The first-order valence-electron chi connectivity index (χ1n) is 8.13. The molecule has 2 rings (SSSR count). The normalized spacial score (nSPS) is 25.2. The topological polar surface area (TPSA) is 163 Å². The number of carboxylic acids is 2.